The third kappa shape index (κ3) is 3.85. The lowest BCUT2D eigenvalue weighted by molar-refractivity contribution is -0.134. The number of nitrogens with zero attached hydrogens (tertiary/aromatic N) is 1. The van der Waals surface area contributed by atoms with Gasteiger partial charge in [-0.15, -0.1) is 6.42 Å². The highest BCUT2D eigenvalue weighted by atomic mass is 19.3. The summed E-state index contributed by atoms with van der Waals surface area (Å²) in [5.74, 6) is 0.906. The monoisotopic (exact) mass is 351 g/mol. The number of ether oxygens (including phenoxy) is 1. The highest BCUT2D eigenvalue weighted by Gasteiger charge is 2.49. The van der Waals surface area contributed by atoms with Gasteiger partial charge < -0.3 is 15.4 Å². The largest absolute Gasteiger partial charge is 0.435 e. The summed E-state index contributed by atoms with van der Waals surface area (Å²) in [6, 6.07) is 4.55. The van der Waals surface area contributed by atoms with Crippen molar-refractivity contribution in [1.82, 2.24) is 15.5 Å². The number of alkyl halides is 2. The Hall–Kier alpha value is -3.15. The van der Waals surface area contributed by atoms with E-state index in [9.17, 15) is 23.2 Å². The molecule has 4 amide bonds. The average molecular weight is 351 g/mol. The number of carbonyl (C=O) groups is 3. The van der Waals surface area contributed by atoms with Crippen LogP contribution in [0.15, 0.2) is 24.3 Å². The van der Waals surface area contributed by atoms with Crippen LogP contribution in [0.3, 0.4) is 0 Å². The first-order valence-electron chi connectivity index (χ1n) is 7.17. The fourth-order valence-corrected chi connectivity index (χ4v) is 2.36. The molecule has 0 spiro atoms. The second kappa shape index (κ2) is 7.17. The zero-order chi connectivity index (χ0) is 18.6. The van der Waals surface area contributed by atoms with Gasteiger partial charge in [0, 0.05) is 0 Å². The highest BCUT2D eigenvalue weighted by Crippen LogP contribution is 2.30. The van der Waals surface area contributed by atoms with Gasteiger partial charge in [0.1, 0.15) is 17.8 Å². The number of amides is 4. The molecule has 1 aromatic carbocycles. The maximum absolute atomic E-state index is 12.6. The van der Waals surface area contributed by atoms with E-state index >= 15 is 0 Å². The molecule has 7 nitrogen and oxygen atoms in total. The van der Waals surface area contributed by atoms with E-state index in [0.29, 0.717) is 5.56 Å². The summed E-state index contributed by atoms with van der Waals surface area (Å²) < 4.78 is 28.6. The Morgan fingerprint density at radius 2 is 2.04 bits per heavy atom. The number of nitrogens with one attached hydrogen (secondary N) is 2. The number of imide groups is 1. The van der Waals surface area contributed by atoms with E-state index < -0.39 is 36.5 Å². The second-order valence-corrected chi connectivity index (χ2v) is 5.33. The van der Waals surface area contributed by atoms with Crippen molar-refractivity contribution in [3.8, 4) is 18.1 Å². The van der Waals surface area contributed by atoms with Crippen LogP contribution in [0.2, 0.25) is 0 Å². The molecule has 25 heavy (non-hydrogen) atoms. The van der Waals surface area contributed by atoms with Gasteiger partial charge in [-0.05, 0) is 24.6 Å². The number of terminal acetylenes is 1. The molecule has 1 aromatic rings. The average Bonchev–Trinajstić information content (AvgIpc) is 2.77. The van der Waals surface area contributed by atoms with Crippen molar-refractivity contribution in [2.75, 3.05) is 13.1 Å². The molecule has 0 aliphatic carbocycles. The van der Waals surface area contributed by atoms with E-state index in [0.717, 1.165) is 4.90 Å². The predicted octanol–water partition coefficient (Wildman–Crippen LogP) is 0.804. The molecular weight excluding hydrogens is 336 g/mol. The van der Waals surface area contributed by atoms with E-state index in [1.54, 1.807) is 0 Å². The number of benzene rings is 1. The van der Waals surface area contributed by atoms with Gasteiger partial charge in [-0.3, -0.25) is 14.5 Å². The molecule has 2 N–H and O–H groups in total. The lowest BCUT2D eigenvalue weighted by Crippen LogP contribution is -2.43. The predicted molar refractivity (Wildman–Crippen MR) is 82.5 cm³/mol. The number of halogens is 2. The van der Waals surface area contributed by atoms with Gasteiger partial charge in [-0.1, -0.05) is 18.1 Å². The Bertz CT molecular complexity index is 730. The first-order chi connectivity index (χ1) is 11.8. The first kappa shape index (κ1) is 18.2. The van der Waals surface area contributed by atoms with Crippen molar-refractivity contribution in [2.45, 2.75) is 19.1 Å². The maximum Gasteiger partial charge on any atom is 0.387 e. The minimum atomic E-state index is -2.97. The van der Waals surface area contributed by atoms with E-state index in [-0.39, 0.29) is 12.3 Å². The first-order valence-corrected chi connectivity index (χ1v) is 7.17. The fourth-order valence-electron chi connectivity index (χ4n) is 2.36. The van der Waals surface area contributed by atoms with Crippen molar-refractivity contribution < 1.29 is 27.9 Å². The lowest BCUT2D eigenvalue weighted by atomic mass is 9.92. The molecule has 1 aliphatic rings. The number of hydrogen-bond acceptors (Lipinski definition) is 4. The Morgan fingerprint density at radius 1 is 1.40 bits per heavy atom. The zero-order valence-electron chi connectivity index (χ0n) is 13.2. The van der Waals surface area contributed by atoms with Crippen LogP contribution in [0.4, 0.5) is 13.6 Å². The van der Waals surface area contributed by atoms with Gasteiger partial charge in [0.25, 0.3) is 5.91 Å². The third-order valence-electron chi connectivity index (χ3n) is 3.62. The van der Waals surface area contributed by atoms with Gasteiger partial charge in [0.05, 0.1) is 6.54 Å². The molecular formula is C16H15F2N3O4. The standard InChI is InChI=1S/C16H15F2N3O4/c1-3-8-19-12(22)9-21-13(23)16(2,20-15(21)24)10-4-6-11(7-5-10)25-14(17)18/h1,4-7,14H,8-9H2,2H3,(H,19,22)(H,20,24)/t16-/m0/s1. The van der Waals surface area contributed by atoms with E-state index in [2.05, 4.69) is 21.3 Å². The Balaban J connectivity index is 2.16. The van der Waals surface area contributed by atoms with Crippen LogP contribution in [-0.4, -0.2) is 42.4 Å². The number of hydrogen-bond donors (Lipinski definition) is 2. The molecule has 0 unspecified atom stereocenters. The minimum absolute atomic E-state index is 0.0225. The second-order valence-electron chi connectivity index (χ2n) is 5.33. The van der Waals surface area contributed by atoms with Crippen molar-refractivity contribution in [2.24, 2.45) is 0 Å². The smallest absolute Gasteiger partial charge is 0.387 e. The van der Waals surface area contributed by atoms with Crippen molar-refractivity contribution in [3.63, 3.8) is 0 Å². The van der Waals surface area contributed by atoms with Gasteiger partial charge in [-0.25, -0.2) is 4.79 Å². The number of urea groups is 1. The van der Waals surface area contributed by atoms with Crippen molar-refractivity contribution in [1.29, 1.82) is 0 Å². The minimum Gasteiger partial charge on any atom is -0.435 e. The van der Waals surface area contributed by atoms with Crippen molar-refractivity contribution in [3.05, 3.63) is 29.8 Å². The normalized spacial score (nSPS) is 19.6. The molecule has 1 aliphatic heterocycles. The summed E-state index contributed by atoms with van der Waals surface area (Å²) in [7, 11) is 0. The molecule has 9 heteroatoms. The molecule has 1 saturated heterocycles. The summed E-state index contributed by atoms with van der Waals surface area (Å²) in [4.78, 5) is 37.1. The molecule has 1 fully saturated rings. The van der Waals surface area contributed by atoms with E-state index in [4.69, 9.17) is 6.42 Å². The maximum atomic E-state index is 12.6. The molecule has 1 atom stereocenters. The van der Waals surface area contributed by atoms with Gasteiger partial charge in [0.2, 0.25) is 5.91 Å². The Labute approximate surface area is 142 Å². The summed E-state index contributed by atoms with van der Waals surface area (Å²) in [5.41, 5.74) is -1.06. The van der Waals surface area contributed by atoms with Gasteiger partial charge >= 0.3 is 12.6 Å². The molecule has 0 radical (unpaired) electrons. The van der Waals surface area contributed by atoms with E-state index in [1.807, 2.05) is 0 Å². The molecule has 2 rings (SSSR count). The van der Waals surface area contributed by atoms with Crippen LogP contribution >= 0.6 is 0 Å². The van der Waals surface area contributed by atoms with Gasteiger partial charge in [0.15, 0.2) is 0 Å². The van der Waals surface area contributed by atoms with E-state index in [1.165, 1.54) is 31.2 Å². The summed E-state index contributed by atoms with van der Waals surface area (Å²) >= 11 is 0. The number of rotatable bonds is 6. The molecule has 0 bridgehead atoms. The van der Waals surface area contributed by atoms with Crippen LogP contribution in [0.25, 0.3) is 0 Å². The van der Waals surface area contributed by atoms with Crippen LogP contribution in [0.5, 0.6) is 5.75 Å². The number of carbonyl (C=O) groups excluding carboxylic acids is 3. The molecule has 1 heterocycles. The summed E-state index contributed by atoms with van der Waals surface area (Å²) in [6.45, 7) is -2.01. The van der Waals surface area contributed by atoms with Crippen LogP contribution in [-0.2, 0) is 15.1 Å². The molecule has 0 aromatic heterocycles. The van der Waals surface area contributed by atoms with Crippen LogP contribution in [0.1, 0.15) is 12.5 Å². The van der Waals surface area contributed by atoms with Gasteiger partial charge in [-0.2, -0.15) is 8.78 Å². The topological polar surface area (TPSA) is 87.7 Å². The van der Waals surface area contributed by atoms with Crippen LogP contribution < -0.4 is 15.4 Å². The fraction of sp³-hybridized carbons (Fsp3) is 0.312. The summed E-state index contributed by atoms with van der Waals surface area (Å²) in [5, 5.41) is 4.85. The zero-order valence-corrected chi connectivity index (χ0v) is 13.2. The highest BCUT2D eigenvalue weighted by molar-refractivity contribution is 6.09. The lowest BCUT2D eigenvalue weighted by Gasteiger charge is -2.22. The molecule has 132 valence electrons. The Kier molecular flexibility index (Phi) is 5.22. The quantitative estimate of drug-likeness (QED) is 0.586. The third-order valence-corrected chi connectivity index (χ3v) is 3.62. The Morgan fingerprint density at radius 3 is 2.60 bits per heavy atom. The SMILES string of the molecule is C#CCNC(=O)CN1C(=O)N[C@@](C)(c2ccc(OC(F)F)cc2)C1=O. The van der Waals surface area contributed by atoms with Crippen molar-refractivity contribution >= 4 is 17.8 Å². The van der Waals surface area contributed by atoms with Crippen LogP contribution in [0, 0.1) is 12.3 Å². The summed E-state index contributed by atoms with van der Waals surface area (Å²) in [6.07, 6.45) is 5.02. The molecule has 0 saturated carbocycles.